The maximum Gasteiger partial charge on any atom is 0.260 e. The van der Waals surface area contributed by atoms with Crippen molar-refractivity contribution < 1.29 is 23.1 Å². The van der Waals surface area contributed by atoms with Gasteiger partial charge in [0.1, 0.15) is 6.10 Å². The second kappa shape index (κ2) is 10.3. The summed E-state index contributed by atoms with van der Waals surface area (Å²) in [5.74, 6) is -0.258. The standard InChI is InChI=1S/C24H26N4O5S/c1-28-14-24(25-16-28)34(31,32)27-21-12-11-20(33-22(21)15-29)13-23(30)26-19-9-7-18(8-10-19)17-5-3-2-4-6-17/h2-12,14,16,20-22,27,29H,13,15H2,1H3,(H,26,30)/t20-,21+,22+/m1/s1. The summed E-state index contributed by atoms with van der Waals surface area (Å²) >= 11 is 0. The molecule has 0 saturated heterocycles. The van der Waals surface area contributed by atoms with Crippen molar-refractivity contribution in [3.63, 3.8) is 0 Å². The molecule has 0 bridgehead atoms. The molecule has 178 valence electrons. The van der Waals surface area contributed by atoms with Gasteiger partial charge in [-0.05, 0) is 23.3 Å². The van der Waals surface area contributed by atoms with Gasteiger partial charge in [0, 0.05) is 18.9 Å². The van der Waals surface area contributed by atoms with E-state index < -0.39 is 34.9 Å². The molecule has 2 aromatic carbocycles. The Morgan fingerprint density at radius 1 is 1.09 bits per heavy atom. The van der Waals surface area contributed by atoms with Gasteiger partial charge in [-0.2, -0.15) is 0 Å². The topological polar surface area (TPSA) is 123 Å². The van der Waals surface area contributed by atoms with Crippen LogP contribution in [0.4, 0.5) is 5.69 Å². The highest BCUT2D eigenvalue weighted by atomic mass is 32.2. The van der Waals surface area contributed by atoms with Gasteiger partial charge in [0.2, 0.25) is 5.91 Å². The zero-order valence-electron chi connectivity index (χ0n) is 18.5. The number of nitrogens with one attached hydrogen (secondary N) is 2. The number of carbonyl (C=O) groups is 1. The Kier molecular flexibility index (Phi) is 7.23. The molecule has 34 heavy (non-hydrogen) atoms. The van der Waals surface area contributed by atoms with E-state index in [2.05, 4.69) is 15.0 Å². The molecule has 1 aliphatic rings. The fraction of sp³-hybridized carbons (Fsp3) is 0.250. The summed E-state index contributed by atoms with van der Waals surface area (Å²) in [6, 6.07) is 16.7. The second-order valence-electron chi connectivity index (χ2n) is 8.00. The molecule has 10 heteroatoms. The van der Waals surface area contributed by atoms with Gasteiger partial charge in [0.25, 0.3) is 10.0 Å². The summed E-state index contributed by atoms with van der Waals surface area (Å²) in [5.41, 5.74) is 2.79. The van der Waals surface area contributed by atoms with Crippen LogP contribution in [0.5, 0.6) is 0 Å². The number of carbonyl (C=O) groups excluding carboxylic acids is 1. The first-order valence-corrected chi connectivity index (χ1v) is 12.2. The summed E-state index contributed by atoms with van der Waals surface area (Å²) in [4.78, 5) is 16.4. The lowest BCUT2D eigenvalue weighted by molar-refractivity contribution is -0.120. The van der Waals surface area contributed by atoms with E-state index in [1.165, 1.54) is 17.1 Å². The molecule has 0 fully saturated rings. The van der Waals surface area contributed by atoms with E-state index in [1.807, 2.05) is 54.6 Å². The number of aliphatic hydroxyl groups excluding tert-OH is 1. The van der Waals surface area contributed by atoms with Gasteiger partial charge in [-0.25, -0.2) is 18.1 Å². The average Bonchev–Trinajstić information content (AvgIpc) is 3.28. The van der Waals surface area contributed by atoms with Crippen molar-refractivity contribution in [3.8, 4) is 11.1 Å². The summed E-state index contributed by atoms with van der Waals surface area (Å²) in [6.45, 7) is -0.418. The quantitative estimate of drug-likeness (QED) is 0.423. The minimum atomic E-state index is -3.89. The first kappa shape index (κ1) is 23.8. The van der Waals surface area contributed by atoms with Gasteiger partial charge in [-0.1, -0.05) is 54.6 Å². The highest BCUT2D eigenvalue weighted by Crippen LogP contribution is 2.22. The van der Waals surface area contributed by atoms with E-state index in [4.69, 9.17) is 4.74 Å². The van der Waals surface area contributed by atoms with Crippen molar-refractivity contribution in [3.05, 3.63) is 79.3 Å². The lowest BCUT2D eigenvalue weighted by Crippen LogP contribution is -2.48. The van der Waals surface area contributed by atoms with Crippen LogP contribution in [0.15, 0.2) is 84.3 Å². The number of ether oxygens (including phenoxy) is 1. The third-order valence-corrected chi connectivity index (χ3v) is 6.72. The van der Waals surface area contributed by atoms with Gasteiger partial charge in [0.15, 0.2) is 5.03 Å². The lowest BCUT2D eigenvalue weighted by Gasteiger charge is -2.31. The zero-order valence-corrected chi connectivity index (χ0v) is 19.4. The van der Waals surface area contributed by atoms with Gasteiger partial charge in [-0.3, -0.25) is 4.79 Å². The number of amides is 1. The normalized spacial score (nSPS) is 20.2. The number of benzene rings is 2. The van der Waals surface area contributed by atoms with E-state index in [0.29, 0.717) is 5.69 Å². The molecule has 1 aliphatic heterocycles. The maximum atomic E-state index is 12.5. The minimum absolute atomic E-state index is 0.0210. The molecule has 0 unspecified atom stereocenters. The van der Waals surface area contributed by atoms with Crippen molar-refractivity contribution in [2.45, 2.75) is 29.7 Å². The van der Waals surface area contributed by atoms with Gasteiger partial charge in [-0.15, -0.1) is 0 Å². The Hall–Kier alpha value is -3.31. The first-order chi connectivity index (χ1) is 16.3. The summed E-state index contributed by atoms with van der Waals surface area (Å²) < 4.78 is 34.8. The van der Waals surface area contributed by atoms with Crippen LogP contribution in [0.3, 0.4) is 0 Å². The smallest absolute Gasteiger partial charge is 0.260 e. The molecule has 0 radical (unpaired) electrons. The highest BCUT2D eigenvalue weighted by molar-refractivity contribution is 7.89. The van der Waals surface area contributed by atoms with Crippen molar-refractivity contribution in [2.75, 3.05) is 11.9 Å². The van der Waals surface area contributed by atoms with E-state index >= 15 is 0 Å². The molecule has 1 aromatic heterocycles. The van der Waals surface area contributed by atoms with E-state index in [-0.39, 0.29) is 17.4 Å². The number of rotatable bonds is 8. The predicted octanol–water partition coefficient (Wildman–Crippen LogP) is 2.08. The Morgan fingerprint density at radius 3 is 2.44 bits per heavy atom. The molecule has 2 heterocycles. The second-order valence-corrected chi connectivity index (χ2v) is 9.66. The molecule has 0 spiro atoms. The monoisotopic (exact) mass is 482 g/mol. The van der Waals surface area contributed by atoms with Crippen LogP contribution in [0.1, 0.15) is 6.42 Å². The fourth-order valence-electron chi connectivity index (χ4n) is 3.65. The number of hydrogen-bond acceptors (Lipinski definition) is 6. The predicted molar refractivity (Wildman–Crippen MR) is 127 cm³/mol. The van der Waals surface area contributed by atoms with Crippen molar-refractivity contribution >= 4 is 21.6 Å². The number of aryl methyl sites for hydroxylation is 1. The molecule has 3 N–H and O–H groups in total. The number of aliphatic hydroxyl groups is 1. The van der Waals surface area contributed by atoms with Crippen LogP contribution in [-0.2, 0) is 26.6 Å². The molecular weight excluding hydrogens is 456 g/mol. The number of nitrogens with zero attached hydrogens (tertiary/aromatic N) is 2. The highest BCUT2D eigenvalue weighted by Gasteiger charge is 2.32. The van der Waals surface area contributed by atoms with Gasteiger partial charge in [0.05, 0.1) is 31.5 Å². The van der Waals surface area contributed by atoms with Crippen LogP contribution in [0.25, 0.3) is 11.1 Å². The largest absolute Gasteiger partial charge is 0.394 e. The van der Waals surface area contributed by atoms with E-state index in [0.717, 1.165) is 11.1 Å². The Balaban J connectivity index is 1.35. The number of sulfonamides is 1. The molecule has 3 aromatic rings. The third-order valence-electron chi connectivity index (χ3n) is 5.37. The first-order valence-electron chi connectivity index (χ1n) is 10.7. The van der Waals surface area contributed by atoms with Gasteiger partial charge >= 0.3 is 0 Å². The van der Waals surface area contributed by atoms with Crippen molar-refractivity contribution in [2.24, 2.45) is 7.05 Å². The van der Waals surface area contributed by atoms with Crippen LogP contribution >= 0.6 is 0 Å². The Labute approximate surface area is 198 Å². The molecule has 0 saturated carbocycles. The number of anilines is 1. The number of hydrogen-bond donors (Lipinski definition) is 3. The van der Waals surface area contributed by atoms with Crippen LogP contribution in [0, 0.1) is 0 Å². The fourth-order valence-corrected chi connectivity index (χ4v) is 4.85. The van der Waals surface area contributed by atoms with E-state index in [9.17, 15) is 18.3 Å². The molecule has 1 amide bonds. The molecule has 3 atom stereocenters. The molecule has 9 nitrogen and oxygen atoms in total. The molecule has 0 aliphatic carbocycles. The van der Waals surface area contributed by atoms with E-state index in [1.54, 1.807) is 19.2 Å². The zero-order chi connectivity index (χ0) is 24.1. The maximum absolute atomic E-state index is 12.5. The SMILES string of the molecule is Cn1cnc(S(=O)(=O)N[C@H]2C=C[C@H](CC(=O)Nc3ccc(-c4ccccc4)cc3)O[C@H]2CO)c1. The molecule has 4 rings (SSSR count). The average molecular weight is 483 g/mol. The van der Waals surface area contributed by atoms with Crippen LogP contribution in [0.2, 0.25) is 0 Å². The van der Waals surface area contributed by atoms with Crippen LogP contribution < -0.4 is 10.0 Å². The Bertz CT molecular complexity index is 1260. The number of imidazole rings is 1. The summed E-state index contributed by atoms with van der Waals surface area (Å²) in [6.07, 6.45) is 4.56. The lowest BCUT2D eigenvalue weighted by atomic mass is 10.0. The minimum Gasteiger partial charge on any atom is -0.394 e. The Morgan fingerprint density at radius 2 is 1.79 bits per heavy atom. The van der Waals surface area contributed by atoms with Crippen molar-refractivity contribution in [1.29, 1.82) is 0 Å². The summed E-state index contributed by atoms with van der Waals surface area (Å²) in [7, 11) is -2.22. The van der Waals surface area contributed by atoms with Crippen molar-refractivity contribution in [1.82, 2.24) is 14.3 Å². The van der Waals surface area contributed by atoms with Crippen LogP contribution in [-0.4, -0.2) is 53.8 Å². The third kappa shape index (κ3) is 5.78. The van der Waals surface area contributed by atoms with Gasteiger partial charge < -0.3 is 19.7 Å². The summed E-state index contributed by atoms with van der Waals surface area (Å²) in [5, 5.41) is 12.4. The molecular formula is C24H26N4O5S. The number of aromatic nitrogens is 2.